The van der Waals surface area contributed by atoms with Crippen molar-refractivity contribution in [2.75, 3.05) is 11.9 Å². The fourth-order valence-corrected chi connectivity index (χ4v) is 3.15. The Labute approximate surface area is 155 Å². The van der Waals surface area contributed by atoms with Crippen LogP contribution in [-0.2, 0) is 9.53 Å². The number of ether oxygens (including phenoxy) is 1. The van der Waals surface area contributed by atoms with Crippen LogP contribution in [-0.4, -0.2) is 28.6 Å². The predicted octanol–water partition coefficient (Wildman–Crippen LogP) is 3.79. The molecule has 6 nitrogen and oxygen atoms in total. The molecule has 0 radical (unpaired) electrons. The van der Waals surface area contributed by atoms with Crippen LogP contribution in [0, 0.1) is 13.8 Å². The highest BCUT2D eigenvalue weighted by Crippen LogP contribution is 2.25. The van der Waals surface area contributed by atoms with Gasteiger partial charge in [-0.15, -0.1) is 0 Å². The smallest absolute Gasteiger partial charge is 0.355 e. The number of aromatic nitrogens is 1. The summed E-state index contributed by atoms with van der Waals surface area (Å²) in [6.45, 7) is 4.60. The molecule has 0 saturated carbocycles. The van der Waals surface area contributed by atoms with Crippen LogP contribution in [0.2, 0.25) is 10.0 Å². The van der Waals surface area contributed by atoms with Crippen molar-refractivity contribution >= 4 is 40.8 Å². The number of aromatic amines is 1. The fourth-order valence-electron chi connectivity index (χ4n) is 2.62. The van der Waals surface area contributed by atoms with E-state index in [2.05, 4.69) is 10.3 Å². The first-order valence-electron chi connectivity index (χ1n) is 7.49. The van der Waals surface area contributed by atoms with Crippen LogP contribution in [0.4, 0.5) is 5.69 Å². The van der Waals surface area contributed by atoms with Crippen LogP contribution in [0.3, 0.4) is 0 Å². The minimum atomic E-state index is -0.714. The summed E-state index contributed by atoms with van der Waals surface area (Å²) in [5, 5.41) is 13.0. The lowest BCUT2D eigenvalue weighted by Gasteiger charge is -2.08. The molecule has 0 aliphatic carbocycles. The van der Waals surface area contributed by atoms with Crippen LogP contribution in [0.5, 0.6) is 0 Å². The molecule has 1 amide bonds. The predicted molar refractivity (Wildman–Crippen MR) is 96.3 cm³/mol. The van der Waals surface area contributed by atoms with Gasteiger partial charge in [0.25, 0.3) is 5.91 Å². The standard InChI is InChI=1S/C17H18Cl2N2O4/c1-8-15(10(3)22)9(2)20-16(8)17(24)25-7-14(23)21-13-5-11(18)4-12(19)6-13/h4-6,10,20,22H,7H2,1-3H3,(H,21,23)/t10-/m0/s1. The molecule has 0 aliphatic rings. The number of rotatable bonds is 5. The van der Waals surface area contributed by atoms with Gasteiger partial charge in [-0.1, -0.05) is 23.2 Å². The number of benzene rings is 1. The Morgan fingerprint density at radius 1 is 1.24 bits per heavy atom. The number of halogens is 2. The normalized spacial score (nSPS) is 11.9. The SMILES string of the molecule is Cc1[nH]c(C(=O)OCC(=O)Nc2cc(Cl)cc(Cl)c2)c(C)c1[C@H](C)O. The van der Waals surface area contributed by atoms with E-state index in [4.69, 9.17) is 27.9 Å². The second-order valence-electron chi connectivity index (χ2n) is 5.62. The molecule has 1 aromatic heterocycles. The summed E-state index contributed by atoms with van der Waals surface area (Å²) in [6, 6.07) is 4.59. The fraction of sp³-hybridized carbons (Fsp3) is 0.294. The average Bonchev–Trinajstić information content (AvgIpc) is 2.78. The van der Waals surface area contributed by atoms with Gasteiger partial charge in [-0.2, -0.15) is 0 Å². The molecule has 0 bridgehead atoms. The van der Waals surface area contributed by atoms with Gasteiger partial charge in [-0.25, -0.2) is 4.79 Å². The zero-order chi connectivity index (χ0) is 18.7. The molecule has 2 aromatic rings. The number of aryl methyl sites for hydroxylation is 1. The van der Waals surface area contributed by atoms with Crippen LogP contribution >= 0.6 is 23.2 Å². The highest BCUT2D eigenvalue weighted by molar-refractivity contribution is 6.35. The van der Waals surface area contributed by atoms with Gasteiger partial charge in [-0.05, 0) is 44.5 Å². The van der Waals surface area contributed by atoms with Crippen molar-refractivity contribution < 1.29 is 19.4 Å². The largest absolute Gasteiger partial charge is 0.451 e. The molecule has 25 heavy (non-hydrogen) atoms. The Bertz CT molecular complexity index is 795. The van der Waals surface area contributed by atoms with Crippen molar-refractivity contribution in [3.63, 3.8) is 0 Å². The summed E-state index contributed by atoms with van der Waals surface area (Å²) >= 11 is 11.7. The monoisotopic (exact) mass is 384 g/mol. The molecule has 134 valence electrons. The molecular formula is C17H18Cl2N2O4. The number of H-pyrrole nitrogens is 1. The molecule has 0 aliphatic heterocycles. The van der Waals surface area contributed by atoms with Crippen LogP contribution in [0.1, 0.15) is 40.3 Å². The van der Waals surface area contributed by atoms with Gasteiger partial charge in [0.05, 0.1) is 6.10 Å². The molecule has 2 rings (SSSR count). The molecule has 0 unspecified atom stereocenters. The van der Waals surface area contributed by atoms with Gasteiger partial charge in [0.2, 0.25) is 0 Å². The second-order valence-corrected chi connectivity index (χ2v) is 6.49. The lowest BCUT2D eigenvalue weighted by Crippen LogP contribution is -2.21. The Kier molecular flexibility index (Phi) is 6.11. The number of esters is 1. The van der Waals surface area contributed by atoms with Gasteiger partial charge in [-0.3, -0.25) is 4.79 Å². The number of hydrogen-bond donors (Lipinski definition) is 3. The molecule has 0 spiro atoms. The summed E-state index contributed by atoms with van der Waals surface area (Å²) in [5.41, 5.74) is 2.54. The molecular weight excluding hydrogens is 367 g/mol. The minimum absolute atomic E-state index is 0.215. The van der Waals surface area contributed by atoms with E-state index in [0.29, 0.717) is 32.6 Å². The third kappa shape index (κ3) is 4.75. The van der Waals surface area contributed by atoms with Gasteiger partial charge in [0, 0.05) is 27.0 Å². The zero-order valence-corrected chi connectivity index (χ0v) is 15.5. The number of hydrogen-bond acceptors (Lipinski definition) is 4. The first-order valence-corrected chi connectivity index (χ1v) is 8.24. The minimum Gasteiger partial charge on any atom is -0.451 e. The summed E-state index contributed by atoms with van der Waals surface area (Å²) in [5.74, 6) is -1.20. The molecule has 1 atom stereocenters. The quantitative estimate of drug-likeness (QED) is 0.683. The van der Waals surface area contributed by atoms with Crippen molar-refractivity contribution in [2.45, 2.75) is 26.9 Å². The van der Waals surface area contributed by atoms with E-state index in [1.807, 2.05) is 0 Å². The number of anilines is 1. The lowest BCUT2D eigenvalue weighted by atomic mass is 10.1. The van der Waals surface area contributed by atoms with Gasteiger partial charge in [0.15, 0.2) is 6.61 Å². The van der Waals surface area contributed by atoms with Crippen molar-refractivity contribution in [1.82, 2.24) is 4.98 Å². The number of carbonyl (C=O) groups is 2. The van der Waals surface area contributed by atoms with Crippen LogP contribution < -0.4 is 5.32 Å². The van der Waals surface area contributed by atoms with Crippen molar-refractivity contribution in [3.05, 3.63) is 50.8 Å². The Balaban J connectivity index is 2.00. The van der Waals surface area contributed by atoms with E-state index in [1.54, 1.807) is 20.8 Å². The number of aliphatic hydroxyl groups excluding tert-OH is 1. The topological polar surface area (TPSA) is 91.4 Å². The molecule has 8 heteroatoms. The van der Waals surface area contributed by atoms with Crippen LogP contribution in [0.25, 0.3) is 0 Å². The number of nitrogens with one attached hydrogen (secondary N) is 2. The molecule has 1 aromatic carbocycles. The highest BCUT2D eigenvalue weighted by atomic mass is 35.5. The Hall–Kier alpha value is -2.02. The molecule has 3 N–H and O–H groups in total. The Morgan fingerprint density at radius 2 is 1.84 bits per heavy atom. The summed E-state index contributed by atoms with van der Waals surface area (Å²) < 4.78 is 5.02. The van der Waals surface area contributed by atoms with Gasteiger partial charge in [0.1, 0.15) is 5.69 Å². The maximum Gasteiger partial charge on any atom is 0.355 e. The maximum absolute atomic E-state index is 12.2. The lowest BCUT2D eigenvalue weighted by molar-refractivity contribution is -0.119. The van der Waals surface area contributed by atoms with E-state index in [1.165, 1.54) is 18.2 Å². The number of carbonyl (C=O) groups excluding carboxylic acids is 2. The zero-order valence-electron chi connectivity index (χ0n) is 13.9. The average molecular weight is 385 g/mol. The second kappa shape index (κ2) is 7.91. The highest BCUT2D eigenvalue weighted by Gasteiger charge is 2.21. The summed E-state index contributed by atoms with van der Waals surface area (Å²) in [4.78, 5) is 27.0. The third-order valence-corrected chi connectivity index (χ3v) is 4.03. The molecule has 1 heterocycles. The van der Waals surface area contributed by atoms with Crippen molar-refractivity contribution in [3.8, 4) is 0 Å². The Morgan fingerprint density at radius 3 is 2.36 bits per heavy atom. The number of amides is 1. The molecule has 0 saturated heterocycles. The van der Waals surface area contributed by atoms with E-state index in [9.17, 15) is 14.7 Å². The van der Waals surface area contributed by atoms with Gasteiger partial charge < -0.3 is 20.1 Å². The first kappa shape index (κ1) is 19.3. The van der Waals surface area contributed by atoms with Crippen molar-refractivity contribution in [1.29, 1.82) is 0 Å². The van der Waals surface area contributed by atoms with Gasteiger partial charge >= 0.3 is 5.97 Å². The third-order valence-electron chi connectivity index (χ3n) is 3.60. The van der Waals surface area contributed by atoms with E-state index in [-0.39, 0.29) is 5.69 Å². The maximum atomic E-state index is 12.2. The first-order chi connectivity index (χ1) is 11.7. The van der Waals surface area contributed by atoms with Crippen LogP contribution in [0.15, 0.2) is 18.2 Å². The summed E-state index contributed by atoms with van der Waals surface area (Å²) in [6.07, 6.45) is -0.714. The summed E-state index contributed by atoms with van der Waals surface area (Å²) in [7, 11) is 0. The van der Waals surface area contributed by atoms with Crippen molar-refractivity contribution in [2.24, 2.45) is 0 Å². The van der Waals surface area contributed by atoms with E-state index >= 15 is 0 Å². The van der Waals surface area contributed by atoms with E-state index < -0.39 is 24.6 Å². The van der Waals surface area contributed by atoms with E-state index in [0.717, 1.165) is 0 Å². The molecule has 0 fully saturated rings. The number of aliphatic hydroxyl groups is 1.